The molecule has 0 fully saturated rings. The average Bonchev–Trinajstić information content (AvgIpc) is 2.71. The first-order chi connectivity index (χ1) is 9.06. The van der Waals surface area contributed by atoms with Crippen molar-refractivity contribution in [3.63, 3.8) is 0 Å². The summed E-state index contributed by atoms with van der Waals surface area (Å²) < 4.78 is 15.3. The molecule has 0 spiro atoms. The molecule has 0 saturated carbocycles. The number of nitrogens with one attached hydrogen (secondary N) is 1. The third-order valence-electron chi connectivity index (χ3n) is 2.97. The molecule has 3 N–H and O–H groups in total. The van der Waals surface area contributed by atoms with Gasteiger partial charge in [-0.25, -0.2) is 9.82 Å². The first kappa shape index (κ1) is 14.0. The number of hydrogen-bond donors (Lipinski definition) is 2. The van der Waals surface area contributed by atoms with Gasteiger partial charge in [-0.2, -0.15) is 5.10 Å². The lowest BCUT2D eigenvalue weighted by Gasteiger charge is -2.19. The summed E-state index contributed by atoms with van der Waals surface area (Å²) in [6.45, 7) is 4.45. The Morgan fingerprint density at radius 3 is 2.79 bits per heavy atom. The molecular formula is C13H16ClFN4. The standard InChI is InChI=1S/C13H16ClFN4/c1-3-19-13(11(14)7-17-19)12(18-16)9-4-8(2)5-10(15)6-9/h4-7,12,18H,3,16H2,1-2H3. The van der Waals surface area contributed by atoms with E-state index in [-0.39, 0.29) is 5.82 Å². The predicted molar refractivity (Wildman–Crippen MR) is 73.2 cm³/mol. The van der Waals surface area contributed by atoms with Gasteiger partial charge in [0, 0.05) is 6.54 Å². The molecule has 1 heterocycles. The van der Waals surface area contributed by atoms with Crippen molar-refractivity contribution in [1.82, 2.24) is 15.2 Å². The number of nitrogens with zero attached hydrogens (tertiary/aromatic N) is 2. The van der Waals surface area contributed by atoms with Crippen molar-refractivity contribution < 1.29 is 4.39 Å². The van der Waals surface area contributed by atoms with Gasteiger partial charge in [0.25, 0.3) is 0 Å². The fourth-order valence-corrected chi connectivity index (χ4v) is 2.43. The second-order valence-electron chi connectivity index (χ2n) is 4.36. The fraction of sp³-hybridized carbons (Fsp3) is 0.308. The smallest absolute Gasteiger partial charge is 0.123 e. The van der Waals surface area contributed by atoms with Crippen LogP contribution < -0.4 is 11.3 Å². The van der Waals surface area contributed by atoms with E-state index >= 15 is 0 Å². The summed E-state index contributed by atoms with van der Waals surface area (Å²) in [6.07, 6.45) is 1.57. The van der Waals surface area contributed by atoms with Crippen LogP contribution in [0, 0.1) is 12.7 Å². The zero-order valence-electron chi connectivity index (χ0n) is 10.8. The molecular weight excluding hydrogens is 267 g/mol. The minimum Gasteiger partial charge on any atom is -0.271 e. The highest BCUT2D eigenvalue weighted by molar-refractivity contribution is 6.31. The lowest BCUT2D eigenvalue weighted by molar-refractivity contribution is 0.539. The van der Waals surface area contributed by atoms with Crippen molar-refractivity contribution in [1.29, 1.82) is 0 Å². The quantitative estimate of drug-likeness (QED) is 0.669. The van der Waals surface area contributed by atoms with Gasteiger partial charge in [0.2, 0.25) is 0 Å². The average molecular weight is 283 g/mol. The molecule has 1 aromatic heterocycles. The maximum absolute atomic E-state index is 13.5. The van der Waals surface area contributed by atoms with Crippen LogP contribution in [-0.4, -0.2) is 9.78 Å². The van der Waals surface area contributed by atoms with Crippen LogP contribution in [0.15, 0.2) is 24.4 Å². The number of aromatic nitrogens is 2. The van der Waals surface area contributed by atoms with Gasteiger partial charge in [-0.1, -0.05) is 17.7 Å². The molecule has 0 bridgehead atoms. The second-order valence-corrected chi connectivity index (χ2v) is 4.76. The van der Waals surface area contributed by atoms with Gasteiger partial charge in [-0.05, 0) is 37.1 Å². The number of benzene rings is 1. The van der Waals surface area contributed by atoms with Gasteiger partial charge in [-0.3, -0.25) is 10.5 Å². The van der Waals surface area contributed by atoms with E-state index in [1.807, 2.05) is 19.9 Å². The zero-order valence-corrected chi connectivity index (χ0v) is 11.6. The SMILES string of the molecule is CCn1ncc(Cl)c1C(NN)c1cc(C)cc(F)c1. The Kier molecular flexibility index (Phi) is 4.19. The molecule has 1 unspecified atom stereocenters. The van der Waals surface area contributed by atoms with E-state index in [9.17, 15) is 4.39 Å². The van der Waals surface area contributed by atoms with Crippen LogP contribution in [0.5, 0.6) is 0 Å². The van der Waals surface area contributed by atoms with Crippen molar-refractivity contribution in [2.45, 2.75) is 26.4 Å². The maximum Gasteiger partial charge on any atom is 0.123 e. The van der Waals surface area contributed by atoms with E-state index in [1.165, 1.54) is 12.1 Å². The summed E-state index contributed by atoms with van der Waals surface area (Å²) >= 11 is 6.15. The van der Waals surface area contributed by atoms with E-state index in [1.54, 1.807) is 10.9 Å². The molecule has 0 radical (unpaired) electrons. The number of rotatable bonds is 4. The molecule has 0 aliphatic heterocycles. The Balaban J connectivity index is 2.52. The summed E-state index contributed by atoms with van der Waals surface area (Å²) in [4.78, 5) is 0. The van der Waals surface area contributed by atoms with Crippen molar-refractivity contribution in [3.05, 3.63) is 52.1 Å². The Morgan fingerprint density at radius 2 is 2.21 bits per heavy atom. The second kappa shape index (κ2) is 5.69. The van der Waals surface area contributed by atoms with Crippen molar-refractivity contribution >= 4 is 11.6 Å². The summed E-state index contributed by atoms with van der Waals surface area (Å²) in [5, 5.41) is 4.68. The van der Waals surface area contributed by atoms with Crippen LogP contribution in [0.1, 0.15) is 29.8 Å². The van der Waals surface area contributed by atoms with Gasteiger partial charge in [0.15, 0.2) is 0 Å². The molecule has 2 rings (SSSR count). The molecule has 4 nitrogen and oxygen atoms in total. The topological polar surface area (TPSA) is 55.9 Å². The number of hydrazine groups is 1. The largest absolute Gasteiger partial charge is 0.271 e. The van der Waals surface area contributed by atoms with Crippen molar-refractivity contribution in [2.75, 3.05) is 0 Å². The fourth-order valence-electron chi connectivity index (χ4n) is 2.18. The van der Waals surface area contributed by atoms with Crippen LogP contribution in [0.4, 0.5) is 4.39 Å². The van der Waals surface area contributed by atoms with E-state index < -0.39 is 6.04 Å². The number of nitrogens with two attached hydrogens (primary N) is 1. The van der Waals surface area contributed by atoms with Crippen LogP contribution >= 0.6 is 11.6 Å². The van der Waals surface area contributed by atoms with Crippen LogP contribution in [-0.2, 0) is 6.54 Å². The highest BCUT2D eigenvalue weighted by Crippen LogP contribution is 2.28. The van der Waals surface area contributed by atoms with E-state index in [2.05, 4.69) is 10.5 Å². The minimum absolute atomic E-state index is 0.297. The van der Waals surface area contributed by atoms with Crippen LogP contribution in [0.2, 0.25) is 5.02 Å². The monoisotopic (exact) mass is 282 g/mol. The van der Waals surface area contributed by atoms with Crippen molar-refractivity contribution in [3.8, 4) is 0 Å². The zero-order chi connectivity index (χ0) is 14.0. The molecule has 1 atom stereocenters. The molecule has 2 aromatic rings. The van der Waals surface area contributed by atoms with E-state index in [4.69, 9.17) is 17.4 Å². The highest BCUT2D eigenvalue weighted by atomic mass is 35.5. The summed E-state index contributed by atoms with van der Waals surface area (Å²) in [5.74, 6) is 5.32. The van der Waals surface area contributed by atoms with Gasteiger partial charge in [0.05, 0.1) is 23.0 Å². The number of aryl methyl sites for hydroxylation is 2. The molecule has 0 amide bonds. The van der Waals surface area contributed by atoms with Crippen molar-refractivity contribution in [2.24, 2.45) is 5.84 Å². The van der Waals surface area contributed by atoms with Gasteiger partial charge in [0.1, 0.15) is 5.82 Å². The Labute approximate surface area is 116 Å². The third-order valence-corrected chi connectivity index (χ3v) is 3.26. The maximum atomic E-state index is 13.5. The molecule has 0 aliphatic rings. The number of hydrogen-bond acceptors (Lipinski definition) is 3. The molecule has 102 valence electrons. The Morgan fingerprint density at radius 1 is 1.47 bits per heavy atom. The van der Waals surface area contributed by atoms with E-state index in [0.717, 1.165) is 16.8 Å². The van der Waals surface area contributed by atoms with Crippen LogP contribution in [0.25, 0.3) is 0 Å². The van der Waals surface area contributed by atoms with E-state index in [0.29, 0.717) is 11.6 Å². The lowest BCUT2D eigenvalue weighted by Crippen LogP contribution is -2.31. The summed E-state index contributed by atoms with van der Waals surface area (Å²) in [6, 6.07) is 4.39. The minimum atomic E-state index is -0.399. The Hall–Kier alpha value is -1.43. The molecule has 1 aromatic carbocycles. The molecule has 19 heavy (non-hydrogen) atoms. The first-order valence-electron chi connectivity index (χ1n) is 6.01. The number of halogens is 2. The molecule has 6 heteroatoms. The van der Waals surface area contributed by atoms with Gasteiger partial charge >= 0.3 is 0 Å². The summed E-state index contributed by atoms with van der Waals surface area (Å²) in [5.41, 5.74) is 4.96. The van der Waals surface area contributed by atoms with Gasteiger partial charge < -0.3 is 0 Å². The normalized spacial score (nSPS) is 12.7. The lowest BCUT2D eigenvalue weighted by atomic mass is 10.0. The molecule has 0 saturated heterocycles. The molecule has 0 aliphatic carbocycles. The summed E-state index contributed by atoms with van der Waals surface area (Å²) in [7, 11) is 0. The Bertz CT molecular complexity index is 562. The van der Waals surface area contributed by atoms with Crippen LogP contribution in [0.3, 0.4) is 0 Å². The first-order valence-corrected chi connectivity index (χ1v) is 6.39. The third kappa shape index (κ3) is 2.78. The predicted octanol–water partition coefficient (Wildman–Crippen LogP) is 2.56. The highest BCUT2D eigenvalue weighted by Gasteiger charge is 2.21. The van der Waals surface area contributed by atoms with Gasteiger partial charge in [-0.15, -0.1) is 0 Å².